The topological polar surface area (TPSA) is 91.7 Å². The molecule has 0 atom stereocenters. The van der Waals surface area contributed by atoms with Gasteiger partial charge in [-0.25, -0.2) is 14.0 Å². The van der Waals surface area contributed by atoms with Crippen LogP contribution < -0.4 is 10.1 Å². The summed E-state index contributed by atoms with van der Waals surface area (Å²) in [5.41, 5.74) is 1.71. The average Bonchev–Trinajstić information content (AvgIpc) is 2.99. The van der Waals surface area contributed by atoms with Crippen molar-refractivity contribution in [2.75, 3.05) is 5.32 Å². The third-order valence-corrected chi connectivity index (χ3v) is 4.19. The highest BCUT2D eigenvalue weighted by molar-refractivity contribution is 6.15. The van der Waals surface area contributed by atoms with E-state index in [4.69, 9.17) is 14.2 Å². The van der Waals surface area contributed by atoms with Gasteiger partial charge >= 0.3 is 11.9 Å². The molecule has 1 aliphatic heterocycles. The number of nitrogens with zero attached hydrogens (tertiary/aromatic N) is 2. The number of aromatic nitrogens is 2. The molecule has 9 heteroatoms. The van der Waals surface area contributed by atoms with Crippen LogP contribution >= 0.6 is 0 Å². The molecule has 2 aromatic rings. The number of carbonyl (C=O) groups excluding carboxylic acids is 2. The van der Waals surface area contributed by atoms with Crippen LogP contribution in [0.5, 0.6) is 5.75 Å². The summed E-state index contributed by atoms with van der Waals surface area (Å²) in [6, 6.07) is 4.20. The molecule has 3 rings (SSSR count). The molecule has 29 heavy (non-hydrogen) atoms. The van der Waals surface area contributed by atoms with E-state index in [0.717, 1.165) is 24.0 Å². The molecule has 0 bridgehead atoms. The summed E-state index contributed by atoms with van der Waals surface area (Å²) in [6.07, 6.45) is 2.98. The molecular weight excluding hydrogens is 381 g/mol. The summed E-state index contributed by atoms with van der Waals surface area (Å²) in [5, 5.41) is 7.01. The van der Waals surface area contributed by atoms with Gasteiger partial charge in [0.1, 0.15) is 6.61 Å². The Labute approximate surface area is 167 Å². The number of halogens is 1. The van der Waals surface area contributed by atoms with Crippen LogP contribution in [-0.4, -0.2) is 27.5 Å². The van der Waals surface area contributed by atoms with Crippen LogP contribution in [0.3, 0.4) is 0 Å². The number of cyclic esters (lactones) is 2. The normalized spacial score (nSPS) is 15.6. The van der Waals surface area contributed by atoms with Gasteiger partial charge in [0.05, 0.1) is 5.69 Å². The van der Waals surface area contributed by atoms with Crippen LogP contribution in [0.1, 0.15) is 32.0 Å². The zero-order valence-corrected chi connectivity index (χ0v) is 16.6. The largest absolute Gasteiger partial charge is 0.486 e. The summed E-state index contributed by atoms with van der Waals surface area (Å²) in [6.45, 7) is 7.68. The minimum atomic E-state index is -1.32. The molecule has 0 spiro atoms. The molecule has 0 radical (unpaired) electrons. The molecule has 1 aliphatic rings. The Morgan fingerprint density at radius 3 is 2.55 bits per heavy atom. The third-order valence-electron chi connectivity index (χ3n) is 4.19. The van der Waals surface area contributed by atoms with Gasteiger partial charge in [0, 0.05) is 50.1 Å². The van der Waals surface area contributed by atoms with E-state index in [2.05, 4.69) is 10.4 Å². The van der Waals surface area contributed by atoms with E-state index in [-0.39, 0.29) is 17.9 Å². The van der Waals surface area contributed by atoms with Crippen molar-refractivity contribution < 1.29 is 28.2 Å². The highest BCUT2D eigenvalue weighted by Gasteiger charge is 2.38. The van der Waals surface area contributed by atoms with Gasteiger partial charge in [0.15, 0.2) is 17.1 Å². The fourth-order valence-corrected chi connectivity index (χ4v) is 2.66. The summed E-state index contributed by atoms with van der Waals surface area (Å²) in [5.74, 6) is -3.47. The number of hydrogen-bond acceptors (Lipinski definition) is 7. The SMILES string of the molecule is CCn1cc(COc2ccc(NC=C3C(=O)OC(C)(C)OC3=O)cc2F)c(C)n1. The number of aryl methyl sites for hydroxylation is 2. The molecule has 154 valence electrons. The summed E-state index contributed by atoms with van der Waals surface area (Å²) < 4.78 is 31.7. The quantitative estimate of drug-likeness (QED) is 0.450. The van der Waals surface area contributed by atoms with Crippen LogP contribution in [0, 0.1) is 12.7 Å². The van der Waals surface area contributed by atoms with E-state index in [1.807, 2.05) is 20.0 Å². The second kappa shape index (κ2) is 7.94. The zero-order chi connectivity index (χ0) is 21.2. The van der Waals surface area contributed by atoms with E-state index < -0.39 is 23.5 Å². The van der Waals surface area contributed by atoms with Gasteiger partial charge in [-0.05, 0) is 26.0 Å². The first-order valence-corrected chi connectivity index (χ1v) is 9.07. The Bertz CT molecular complexity index is 958. The van der Waals surface area contributed by atoms with Gasteiger partial charge in [-0.15, -0.1) is 0 Å². The van der Waals surface area contributed by atoms with E-state index in [1.165, 1.54) is 26.0 Å². The van der Waals surface area contributed by atoms with Gasteiger partial charge < -0.3 is 19.5 Å². The molecule has 2 heterocycles. The average molecular weight is 403 g/mol. The molecule has 0 amide bonds. The maximum absolute atomic E-state index is 14.4. The lowest BCUT2D eigenvalue weighted by Crippen LogP contribution is -2.42. The number of nitrogens with one attached hydrogen (secondary N) is 1. The second-order valence-electron chi connectivity index (χ2n) is 6.91. The molecule has 0 saturated carbocycles. The number of anilines is 1. The first-order chi connectivity index (χ1) is 13.7. The third kappa shape index (κ3) is 4.74. The van der Waals surface area contributed by atoms with Crippen molar-refractivity contribution >= 4 is 17.6 Å². The lowest BCUT2D eigenvalue weighted by atomic mass is 10.2. The maximum atomic E-state index is 14.4. The first kappa shape index (κ1) is 20.4. The highest BCUT2D eigenvalue weighted by atomic mass is 19.1. The zero-order valence-electron chi connectivity index (χ0n) is 16.6. The fraction of sp³-hybridized carbons (Fsp3) is 0.350. The smallest absolute Gasteiger partial charge is 0.350 e. The first-order valence-electron chi connectivity index (χ1n) is 9.07. The van der Waals surface area contributed by atoms with Gasteiger partial charge in [-0.2, -0.15) is 5.10 Å². The molecule has 1 aromatic carbocycles. The Morgan fingerprint density at radius 1 is 1.28 bits per heavy atom. The van der Waals surface area contributed by atoms with Crippen molar-refractivity contribution in [2.24, 2.45) is 0 Å². The van der Waals surface area contributed by atoms with Crippen molar-refractivity contribution in [3.8, 4) is 5.75 Å². The number of esters is 2. The maximum Gasteiger partial charge on any atom is 0.350 e. The molecule has 0 unspecified atom stereocenters. The van der Waals surface area contributed by atoms with Crippen LogP contribution in [-0.2, 0) is 32.2 Å². The number of carbonyl (C=O) groups is 2. The van der Waals surface area contributed by atoms with Crippen LogP contribution in [0.4, 0.5) is 10.1 Å². The molecule has 1 saturated heterocycles. The number of ether oxygens (including phenoxy) is 3. The Balaban J connectivity index is 1.66. The lowest BCUT2D eigenvalue weighted by molar-refractivity contribution is -0.222. The van der Waals surface area contributed by atoms with Crippen molar-refractivity contribution in [1.82, 2.24) is 9.78 Å². The van der Waals surface area contributed by atoms with Crippen LogP contribution in [0.25, 0.3) is 0 Å². The van der Waals surface area contributed by atoms with Crippen molar-refractivity contribution in [1.29, 1.82) is 0 Å². The predicted molar refractivity (Wildman–Crippen MR) is 101 cm³/mol. The van der Waals surface area contributed by atoms with Gasteiger partial charge in [0.25, 0.3) is 5.79 Å². The summed E-state index contributed by atoms with van der Waals surface area (Å²) in [7, 11) is 0. The van der Waals surface area contributed by atoms with Gasteiger partial charge in [0.2, 0.25) is 0 Å². The second-order valence-corrected chi connectivity index (χ2v) is 6.91. The minimum Gasteiger partial charge on any atom is -0.486 e. The van der Waals surface area contributed by atoms with E-state index >= 15 is 0 Å². The van der Waals surface area contributed by atoms with Crippen molar-refractivity contribution in [3.05, 3.63) is 53.2 Å². The van der Waals surface area contributed by atoms with Gasteiger partial charge in [-0.1, -0.05) is 0 Å². The Kier molecular flexibility index (Phi) is 5.58. The van der Waals surface area contributed by atoms with E-state index in [1.54, 1.807) is 10.7 Å². The monoisotopic (exact) mass is 403 g/mol. The van der Waals surface area contributed by atoms with E-state index in [0.29, 0.717) is 5.69 Å². The van der Waals surface area contributed by atoms with Crippen LogP contribution in [0.15, 0.2) is 36.2 Å². The van der Waals surface area contributed by atoms with Crippen molar-refractivity contribution in [3.63, 3.8) is 0 Å². The molecular formula is C20H22FN3O5. The molecule has 8 nitrogen and oxygen atoms in total. The van der Waals surface area contributed by atoms with E-state index in [9.17, 15) is 14.0 Å². The fourth-order valence-electron chi connectivity index (χ4n) is 2.66. The van der Waals surface area contributed by atoms with Gasteiger partial charge in [-0.3, -0.25) is 4.68 Å². The standard InChI is InChI=1S/C20H22FN3O5/c1-5-24-10-13(12(2)23-24)11-27-17-7-6-14(8-16(17)21)22-9-15-18(25)28-20(3,4)29-19(15)26/h6-10,22H,5,11H2,1-4H3. The highest BCUT2D eigenvalue weighted by Crippen LogP contribution is 2.25. The van der Waals surface area contributed by atoms with Crippen molar-refractivity contribution in [2.45, 2.75) is 46.6 Å². The predicted octanol–water partition coefficient (Wildman–Crippen LogP) is 3.06. The summed E-state index contributed by atoms with van der Waals surface area (Å²) in [4.78, 5) is 23.8. The molecule has 1 aromatic heterocycles. The Hall–Kier alpha value is -3.36. The molecule has 1 fully saturated rings. The van der Waals surface area contributed by atoms with Crippen LogP contribution in [0.2, 0.25) is 0 Å². The minimum absolute atomic E-state index is 0.0742. The number of rotatable bonds is 6. The number of hydrogen-bond donors (Lipinski definition) is 1. The summed E-state index contributed by atoms with van der Waals surface area (Å²) >= 11 is 0. The number of benzene rings is 1. The lowest BCUT2D eigenvalue weighted by Gasteiger charge is -2.29. The molecule has 0 aliphatic carbocycles. The Morgan fingerprint density at radius 2 is 1.97 bits per heavy atom. The molecule has 1 N–H and O–H groups in total.